The van der Waals surface area contributed by atoms with Crippen molar-refractivity contribution < 1.29 is 77.5 Å². The van der Waals surface area contributed by atoms with E-state index in [4.69, 9.17) is 0 Å². The molecule has 9 nitrogen and oxygen atoms in total. The second-order valence-corrected chi connectivity index (χ2v) is 4.42. The minimum absolute atomic E-state index is 0. The molecule has 0 bridgehead atoms. The molecule has 3 unspecified atom stereocenters. The maximum Gasteiger partial charge on any atom is 3.00 e. The van der Waals surface area contributed by atoms with Gasteiger partial charge in [-0.3, -0.25) is 0 Å². The first-order chi connectivity index (χ1) is 8.31. The van der Waals surface area contributed by atoms with E-state index in [1.807, 2.05) is 0 Å². The molecule has 0 aromatic heterocycles. The van der Waals surface area contributed by atoms with E-state index in [0.717, 1.165) is 0 Å². The van der Waals surface area contributed by atoms with Crippen LogP contribution in [0.15, 0.2) is 0 Å². The minimum atomic E-state index is -2.89. The van der Waals surface area contributed by atoms with E-state index in [2.05, 4.69) is 13.6 Å². The standard InChI is InChI=1S/3C2H7O3P.La/c3*1-2-5-6(3)4;/h3*6H,2H2,1H3,(H,3,4);/q;;;+3/p-3. The van der Waals surface area contributed by atoms with Crippen molar-refractivity contribution in [2.45, 2.75) is 20.8 Å². The first kappa shape index (κ1) is 28.8. The van der Waals surface area contributed by atoms with Gasteiger partial charge in [-0.15, -0.1) is 0 Å². The van der Waals surface area contributed by atoms with Crippen LogP contribution < -0.4 is 14.7 Å². The van der Waals surface area contributed by atoms with Crippen molar-refractivity contribution in [3.63, 3.8) is 0 Å². The van der Waals surface area contributed by atoms with Gasteiger partial charge in [0.2, 0.25) is 0 Å². The molecule has 0 aromatic carbocycles. The summed E-state index contributed by atoms with van der Waals surface area (Å²) in [7, 11) is -8.66. The zero-order valence-corrected chi connectivity index (χ0v) is 17.5. The molecule has 0 saturated carbocycles. The zero-order chi connectivity index (χ0) is 15.0. The van der Waals surface area contributed by atoms with Gasteiger partial charge in [-0.2, -0.15) is 0 Å². The smallest absolute Gasteiger partial charge is 0.781 e. The Kier molecular flexibility index (Phi) is 37.3. The van der Waals surface area contributed by atoms with Crippen LogP contribution in [0.25, 0.3) is 0 Å². The zero-order valence-electron chi connectivity index (χ0n) is 10.9. The number of rotatable bonds is 6. The summed E-state index contributed by atoms with van der Waals surface area (Å²) in [6.07, 6.45) is 0. The Balaban J connectivity index is -0.0000000865. The molecule has 0 spiro atoms. The van der Waals surface area contributed by atoms with Gasteiger partial charge < -0.3 is 41.9 Å². The third-order valence-electron chi connectivity index (χ3n) is 0.787. The Morgan fingerprint density at radius 2 is 0.842 bits per heavy atom. The molecule has 0 rings (SSSR count). The quantitative estimate of drug-likeness (QED) is 0.465. The second-order valence-electron chi connectivity index (χ2n) is 2.05. The largest absolute Gasteiger partial charge is 3.00 e. The van der Waals surface area contributed by atoms with Gasteiger partial charge in [0.25, 0.3) is 0 Å². The van der Waals surface area contributed by atoms with Gasteiger partial charge in [0.05, 0.1) is 0 Å². The van der Waals surface area contributed by atoms with E-state index in [0.29, 0.717) is 0 Å². The Labute approximate surface area is 142 Å². The molecule has 13 heteroatoms. The average Bonchev–Trinajstić information content (AvgIpc) is 2.18. The number of hydrogen-bond donors (Lipinski definition) is 0. The topological polar surface area (TPSA) is 148 Å². The van der Waals surface area contributed by atoms with Crippen molar-refractivity contribution in [3.8, 4) is 0 Å². The molecular formula is C6H18LaO9P3. The predicted molar refractivity (Wildman–Crippen MR) is 61.9 cm³/mol. The van der Waals surface area contributed by atoms with E-state index >= 15 is 0 Å². The van der Waals surface area contributed by atoms with Gasteiger partial charge in [0, 0.05) is 19.8 Å². The van der Waals surface area contributed by atoms with Crippen molar-refractivity contribution in [1.29, 1.82) is 0 Å². The van der Waals surface area contributed by atoms with Crippen LogP contribution in [-0.4, -0.2) is 19.8 Å². The maximum absolute atomic E-state index is 9.45. The second kappa shape index (κ2) is 24.6. The van der Waals surface area contributed by atoms with Crippen molar-refractivity contribution in [3.05, 3.63) is 0 Å². The summed E-state index contributed by atoms with van der Waals surface area (Å²) in [6, 6.07) is 0. The average molecular weight is 466 g/mol. The minimum Gasteiger partial charge on any atom is -0.781 e. The third-order valence-corrected chi connectivity index (χ3v) is 2.36. The van der Waals surface area contributed by atoms with Crippen LogP contribution >= 0.6 is 24.8 Å². The number of hydrogen-bond acceptors (Lipinski definition) is 9. The first-order valence-corrected chi connectivity index (χ1v) is 8.50. The van der Waals surface area contributed by atoms with Crippen LogP contribution in [0, 0.1) is 35.6 Å². The molecule has 0 fully saturated rings. The van der Waals surface area contributed by atoms with E-state index in [9.17, 15) is 28.4 Å². The van der Waals surface area contributed by atoms with E-state index in [-0.39, 0.29) is 55.4 Å². The summed E-state index contributed by atoms with van der Waals surface area (Å²) in [6.45, 7) is 5.63. The molecule has 0 N–H and O–H groups in total. The molecule has 3 atom stereocenters. The van der Waals surface area contributed by atoms with Crippen LogP contribution in [0.4, 0.5) is 0 Å². The van der Waals surface area contributed by atoms with Crippen LogP contribution in [-0.2, 0) is 27.3 Å². The predicted octanol–water partition coefficient (Wildman–Crippen LogP) is -0.681. The fraction of sp³-hybridized carbons (Fsp3) is 1.00. The van der Waals surface area contributed by atoms with E-state index in [1.165, 1.54) is 0 Å². The third kappa shape index (κ3) is 54.0. The molecule has 0 radical (unpaired) electrons. The molecule has 0 aliphatic carbocycles. The van der Waals surface area contributed by atoms with Crippen LogP contribution in [0.1, 0.15) is 20.8 Å². The fourth-order valence-corrected chi connectivity index (χ4v) is 1.06. The molecule has 0 aliphatic rings. The summed E-state index contributed by atoms with van der Waals surface area (Å²) in [5, 5.41) is 0. The van der Waals surface area contributed by atoms with Gasteiger partial charge in [0.15, 0.2) is 0 Å². The fourth-order valence-electron chi connectivity index (χ4n) is 0.354. The molecule has 0 amide bonds. The van der Waals surface area contributed by atoms with E-state index in [1.54, 1.807) is 20.8 Å². The van der Waals surface area contributed by atoms with Crippen LogP contribution in [0.3, 0.4) is 0 Å². The Morgan fingerprint density at radius 1 is 0.684 bits per heavy atom. The molecule has 0 aliphatic heterocycles. The molecule has 114 valence electrons. The molecule has 0 saturated heterocycles. The molecule has 0 heterocycles. The Morgan fingerprint density at radius 3 is 0.842 bits per heavy atom. The maximum atomic E-state index is 9.45. The molecule has 19 heavy (non-hydrogen) atoms. The van der Waals surface area contributed by atoms with E-state index < -0.39 is 24.8 Å². The van der Waals surface area contributed by atoms with Crippen molar-refractivity contribution in [2.75, 3.05) is 19.8 Å². The summed E-state index contributed by atoms with van der Waals surface area (Å²) < 4.78 is 40.5. The van der Waals surface area contributed by atoms with Gasteiger partial charge >= 0.3 is 35.6 Å². The summed E-state index contributed by atoms with van der Waals surface area (Å²) in [4.78, 5) is 28.4. The SMILES string of the molecule is CCO[PH](=O)[O-].CCO[PH](=O)[O-].CCO[PH](=O)[O-].[La+3]. The monoisotopic (exact) mass is 466 g/mol. The van der Waals surface area contributed by atoms with Crippen molar-refractivity contribution in [2.24, 2.45) is 0 Å². The van der Waals surface area contributed by atoms with Gasteiger partial charge in [0.1, 0.15) is 24.8 Å². The molecular weight excluding hydrogens is 448 g/mol. The summed E-state index contributed by atoms with van der Waals surface area (Å²) in [5.74, 6) is 0. The van der Waals surface area contributed by atoms with Crippen molar-refractivity contribution >= 4 is 24.8 Å². The van der Waals surface area contributed by atoms with Gasteiger partial charge in [-0.05, 0) is 20.8 Å². The van der Waals surface area contributed by atoms with Crippen LogP contribution in [0.2, 0.25) is 0 Å². The van der Waals surface area contributed by atoms with Gasteiger partial charge in [-0.25, -0.2) is 0 Å². The van der Waals surface area contributed by atoms with Crippen LogP contribution in [0.5, 0.6) is 0 Å². The summed E-state index contributed by atoms with van der Waals surface area (Å²) >= 11 is 0. The normalized spacial score (nSPS) is 13.6. The Hall–Kier alpha value is 1.64. The first-order valence-electron chi connectivity index (χ1n) is 4.82. The van der Waals surface area contributed by atoms with Gasteiger partial charge in [-0.1, -0.05) is 0 Å². The Bertz CT molecular complexity index is 202. The summed E-state index contributed by atoms with van der Waals surface area (Å²) in [5.41, 5.74) is 0. The molecule has 0 aromatic rings. The van der Waals surface area contributed by atoms with Crippen molar-refractivity contribution in [1.82, 2.24) is 0 Å².